The summed E-state index contributed by atoms with van der Waals surface area (Å²) < 4.78 is 2.86. The van der Waals surface area contributed by atoms with Crippen LogP contribution in [0.5, 0.6) is 0 Å². The molecule has 166 valence electrons. The Morgan fingerprint density at radius 3 is 2.55 bits per heavy atom. The van der Waals surface area contributed by atoms with Crippen LogP contribution in [0.2, 0.25) is 10.0 Å². The number of halogens is 3. The summed E-state index contributed by atoms with van der Waals surface area (Å²) in [7, 11) is 0. The zero-order valence-electron chi connectivity index (χ0n) is 16.8. The Bertz CT molecular complexity index is 1300. The average molecular weight is 562 g/mol. The van der Waals surface area contributed by atoms with Crippen molar-refractivity contribution in [1.29, 1.82) is 0 Å². The lowest BCUT2D eigenvalue weighted by Gasteiger charge is -2.10. The van der Waals surface area contributed by atoms with Crippen molar-refractivity contribution in [3.05, 3.63) is 87.1 Å². The van der Waals surface area contributed by atoms with Crippen LogP contribution in [-0.4, -0.2) is 37.6 Å². The predicted molar refractivity (Wildman–Crippen MR) is 135 cm³/mol. The molecule has 4 rings (SSSR count). The highest BCUT2D eigenvalue weighted by atomic mass is 79.9. The molecule has 2 aromatic heterocycles. The van der Waals surface area contributed by atoms with Gasteiger partial charge in [0.15, 0.2) is 11.0 Å². The van der Waals surface area contributed by atoms with E-state index >= 15 is 0 Å². The number of hydrogen-bond donors (Lipinski definition) is 1. The van der Waals surface area contributed by atoms with Crippen molar-refractivity contribution in [2.75, 3.05) is 5.75 Å². The van der Waals surface area contributed by atoms with E-state index in [-0.39, 0.29) is 11.7 Å². The molecule has 0 aliphatic rings. The number of benzene rings is 2. The Morgan fingerprint density at radius 2 is 1.82 bits per heavy atom. The average Bonchev–Trinajstić information content (AvgIpc) is 3.25. The summed E-state index contributed by atoms with van der Waals surface area (Å²) in [5.74, 6) is 0.469. The normalized spacial score (nSPS) is 11.1. The van der Waals surface area contributed by atoms with Crippen molar-refractivity contribution in [2.24, 2.45) is 5.10 Å². The molecule has 0 aliphatic heterocycles. The van der Waals surface area contributed by atoms with Crippen LogP contribution in [0, 0.1) is 0 Å². The number of nitrogens with zero attached hydrogens (tertiary/aromatic N) is 5. The van der Waals surface area contributed by atoms with E-state index in [1.165, 1.54) is 18.0 Å². The van der Waals surface area contributed by atoms with Crippen LogP contribution >= 0.6 is 50.9 Å². The summed E-state index contributed by atoms with van der Waals surface area (Å²) in [5, 5.41) is 14.1. The van der Waals surface area contributed by atoms with E-state index in [1.807, 2.05) is 41.0 Å². The Kier molecular flexibility index (Phi) is 7.77. The van der Waals surface area contributed by atoms with Crippen LogP contribution in [0.15, 0.2) is 81.7 Å². The Hall–Kier alpha value is -2.72. The molecule has 0 aliphatic carbocycles. The fraction of sp³-hybridized carbons (Fsp3) is 0.0455. The van der Waals surface area contributed by atoms with E-state index in [1.54, 1.807) is 30.6 Å². The number of hydrogen-bond acceptors (Lipinski definition) is 6. The Morgan fingerprint density at radius 1 is 1.06 bits per heavy atom. The molecule has 0 unspecified atom stereocenters. The number of carbonyl (C=O) groups is 1. The zero-order chi connectivity index (χ0) is 23.2. The fourth-order valence-electron chi connectivity index (χ4n) is 2.81. The highest BCUT2D eigenvalue weighted by molar-refractivity contribution is 9.10. The smallest absolute Gasteiger partial charge is 0.250 e. The third kappa shape index (κ3) is 6.00. The number of aromatic nitrogens is 4. The van der Waals surface area contributed by atoms with Crippen LogP contribution in [0.3, 0.4) is 0 Å². The molecule has 4 aromatic rings. The lowest BCUT2D eigenvalue weighted by molar-refractivity contribution is -0.118. The van der Waals surface area contributed by atoms with Gasteiger partial charge >= 0.3 is 0 Å². The minimum Gasteiger partial charge on any atom is -0.272 e. The molecule has 0 bridgehead atoms. The number of nitrogens with one attached hydrogen (secondary N) is 1. The maximum absolute atomic E-state index is 12.3. The van der Waals surface area contributed by atoms with Crippen LogP contribution in [0.25, 0.3) is 17.1 Å². The van der Waals surface area contributed by atoms with Crippen LogP contribution in [0.1, 0.15) is 5.56 Å². The van der Waals surface area contributed by atoms with Gasteiger partial charge in [-0.3, -0.25) is 14.3 Å². The highest BCUT2D eigenvalue weighted by Gasteiger charge is 2.17. The van der Waals surface area contributed by atoms with Gasteiger partial charge in [0, 0.05) is 28.1 Å². The summed E-state index contributed by atoms with van der Waals surface area (Å²) in [5.41, 5.74) is 4.95. The molecular formula is C22H15BrCl2N6OS. The molecule has 2 aromatic carbocycles. The van der Waals surface area contributed by atoms with Gasteiger partial charge < -0.3 is 0 Å². The number of hydrazone groups is 1. The lowest BCUT2D eigenvalue weighted by Crippen LogP contribution is -2.20. The van der Waals surface area contributed by atoms with Gasteiger partial charge in [-0.05, 0) is 54.1 Å². The Balaban J connectivity index is 1.49. The molecule has 0 saturated carbocycles. The second-order valence-electron chi connectivity index (χ2n) is 6.61. The molecule has 0 atom stereocenters. The first-order chi connectivity index (χ1) is 16.0. The minimum atomic E-state index is -0.285. The second kappa shape index (κ2) is 10.9. The van der Waals surface area contributed by atoms with E-state index in [0.29, 0.717) is 26.6 Å². The van der Waals surface area contributed by atoms with Gasteiger partial charge in [0.1, 0.15) is 0 Å². The largest absolute Gasteiger partial charge is 0.272 e. The van der Waals surface area contributed by atoms with E-state index in [0.717, 1.165) is 15.7 Å². The van der Waals surface area contributed by atoms with E-state index < -0.39 is 0 Å². The van der Waals surface area contributed by atoms with Gasteiger partial charge in [-0.15, -0.1) is 10.2 Å². The van der Waals surface area contributed by atoms with Gasteiger partial charge in [0.05, 0.1) is 22.0 Å². The quantitative estimate of drug-likeness (QED) is 0.179. The number of thioether (sulfide) groups is 1. The topological polar surface area (TPSA) is 85.1 Å². The first kappa shape index (κ1) is 23.4. The van der Waals surface area contributed by atoms with E-state index in [9.17, 15) is 4.79 Å². The maximum atomic E-state index is 12.3. The van der Waals surface area contributed by atoms with Crippen LogP contribution in [-0.2, 0) is 4.79 Å². The molecule has 1 N–H and O–H groups in total. The molecule has 0 fully saturated rings. The zero-order valence-corrected chi connectivity index (χ0v) is 20.7. The molecular weight excluding hydrogens is 547 g/mol. The molecule has 7 nitrogen and oxygen atoms in total. The minimum absolute atomic E-state index is 0.101. The summed E-state index contributed by atoms with van der Waals surface area (Å²) >= 11 is 16.6. The number of pyridine rings is 1. The van der Waals surface area contributed by atoms with Crippen LogP contribution in [0.4, 0.5) is 0 Å². The molecule has 1 amide bonds. The van der Waals surface area contributed by atoms with Crippen molar-refractivity contribution >= 4 is 63.0 Å². The van der Waals surface area contributed by atoms with Crippen molar-refractivity contribution < 1.29 is 4.79 Å². The monoisotopic (exact) mass is 560 g/mol. The summed E-state index contributed by atoms with van der Waals surface area (Å²) in [6.07, 6.45) is 4.89. The van der Waals surface area contributed by atoms with E-state index in [2.05, 4.69) is 41.6 Å². The van der Waals surface area contributed by atoms with Gasteiger partial charge in [0.2, 0.25) is 0 Å². The number of carbonyl (C=O) groups excluding carboxylic acids is 1. The third-order valence-electron chi connectivity index (χ3n) is 4.34. The highest BCUT2D eigenvalue weighted by Crippen LogP contribution is 2.28. The number of amides is 1. The maximum Gasteiger partial charge on any atom is 0.250 e. The van der Waals surface area contributed by atoms with Crippen molar-refractivity contribution in [1.82, 2.24) is 25.2 Å². The fourth-order valence-corrected chi connectivity index (χ4v) is 4.12. The van der Waals surface area contributed by atoms with E-state index in [4.69, 9.17) is 23.2 Å². The standard InChI is InChI=1S/C22H15BrCl2N6OS/c23-16-2-4-17(5-3-16)31-21(15-7-9-26-10-8-15)29-30-22(31)33-13-20(32)28-27-12-14-1-6-18(24)19(25)11-14/h1-12H,13H2,(H,28,32). The van der Waals surface area contributed by atoms with Crippen molar-refractivity contribution in [3.8, 4) is 17.1 Å². The summed E-state index contributed by atoms with van der Waals surface area (Å²) in [6.45, 7) is 0. The first-order valence-corrected chi connectivity index (χ1v) is 12.1. The second-order valence-corrected chi connectivity index (χ2v) is 9.28. The van der Waals surface area contributed by atoms with Crippen molar-refractivity contribution in [2.45, 2.75) is 5.16 Å². The van der Waals surface area contributed by atoms with Gasteiger partial charge in [-0.1, -0.05) is 57.0 Å². The third-order valence-corrected chi connectivity index (χ3v) is 6.53. The summed E-state index contributed by atoms with van der Waals surface area (Å²) in [4.78, 5) is 16.4. The molecule has 33 heavy (non-hydrogen) atoms. The van der Waals surface area contributed by atoms with Gasteiger partial charge in [-0.2, -0.15) is 5.10 Å². The molecule has 2 heterocycles. The first-order valence-electron chi connectivity index (χ1n) is 9.53. The lowest BCUT2D eigenvalue weighted by atomic mass is 10.2. The predicted octanol–water partition coefficient (Wildman–Crippen LogP) is 5.64. The van der Waals surface area contributed by atoms with Gasteiger partial charge in [-0.25, -0.2) is 5.43 Å². The van der Waals surface area contributed by atoms with Gasteiger partial charge in [0.25, 0.3) is 5.91 Å². The molecule has 0 radical (unpaired) electrons. The molecule has 0 spiro atoms. The van der Waals surface area contributed by atoms with Crippen LogP contribution < -0.4 is 5.43 Å². The number of rotatable bonds is 7. The Labute approximate surface area is 212 Å². The summed E-state index contributed by atoms with van der Waals surface area (Å²) in [6, 6.07) is 16.6. The molecule has 0 saturated heterocycles. The molecule has 11 heteroatoms. The SMILES string of the molecule is O=C(CSc1nnc(-c2ccncc2)n1-c1ccc(Br)cc1)NN=Cc1ccc(Cl)c(Cl)c1. The van der Waals surface area contributed by atoms with Crippen molar-refractivity contribution in [3.63, 3.8) is 0 Å².